The first kappa shape index (κ1) is 16.8. The number of aromatic nitrogens is 2. The Balaban J connectivity index is 1.62. The molecule has 1 aromatic heterocycles. The van der Waals surface area contributed by atoms with Gasteiger partial charge in [0.1, 0.15) is 0 Å². The summed E-state index contributed by atoms with van der Waals surface area (Å²) in [5.74, 6) is -2.05. The number of para-hydroxylation sites is 1. The quantitative estimate of drug-likeness (QED) is 0.771. The SMILES string of the molecule is C[C@H](NC(=O)Cc1cnn(-c2ccccc2)c1)c1ccc(F)c(F)c1. The van der Waals surface area contributed by atoms with Crippen molar-refractivity contribution in [1.29, 1.82) is 0 Å². The molecule has 0 aliphatic carbocycles. The van der Waals surface area contributed by atoms with Crippen LogP contribution in [-0.4, -0.2) is 15.7 Å². The first-order valence-electron chi connectivity index (χ1n) is 7.86. The molecule has 3 aromatic rings. The topological polar surface area (TPSA) is 46.9 Å². The number of halogens is 2. The van der Waals surface area contributed by atoms with E-state index in [0.29, 0.717) is 5.56 Å². The second-order valence-electron chi connectivity index (χ2n) is 5.77. The van der Waals surface area contributed by atoms with Crippen LogP contribution in [0.25, 0.3) is 5.69 Å². The molecule has 25 heavy (non-hydrogen) atoms. The predicted octanol–water partition coefficient (Wildman–Crippen LogP) is 3.57. The summed E-state index contributed by atoms with van der Waals surface area (Å²) in [5, 5.41) is 7.02. The number of nitrogens with one attached hydrogen (secondary N) is 1. The van der Waals surface area contributed by atoms with Crippen LogP contribution < -0.4 is 5.32 Å². The molecule has 0 spiro atoms. The molecule has 1 heterocycles. The molecule has 1 N–H and O–H groups in total. The van der Waals surface area contributed by atoms with E-state index in [1.807, 2.05) is 30.3 Å². The maximum atomic E-state index is 13.3. The third kappa shape index (κ3) is 4.09. The largest absolute Gasteiger partial charge is 0.349 e. The van der Waals surface area contributed by atoms with Gasteiger partial charge in [0.05, 0.1) is 24.3 Å². The van der Waals surface area contributed by atoms with Gasteiger partial charge in [0, 0.05) is 6.20 Å². The van der Waals surface area contributed by atoms with E-state index in [9.17, 15) is 13.6 Å². The molecule has 0 saturated heterocycles. The fourth-order valence-corrected chi connectivity index (χ4v) is 2.52. The lowest BCUT2D eigenvalue weighted by Crippen LogP contribution is -2.28. The molecule has 0 fully saturated rings. The van der Waals surface area contributed by atoms with E-state index in [1.165, 1.54) is 6.07 Å². The first-order chi connectivity index (χ1) is 12.0. The molecule has 1 amide bonds. The minimum Gasteiger partial charge on any atom is -0.349 e. The van der Waals surface area contributed by atoms with Crippen LogP contribution in [0.2, 0.25) is 0 Å². The van der Waals surface area contributed by atoms with Crippen LogP contribution in [0, 0.1) is 11.6 Å². The highest BCUT2D eigenvalue weighted by Gasteiger charge is 2.13. The minimum absolute atomic E-state index is 0.154. The van der Waals surface area contributed by atoms with Crippen LogP contribution in [0.1, 0.15) is 24.1 Å². The van der Waals surface area contributed by atoms with Crippen molar-refractivity contribution in [3.05, 3.63) is 83.7 Å². The number of amides is 1. The number of rotatable bonds is 5. The van der Waals surface area contributed by atoms with Gasteiger partial charge in [-0.1, -0.05) is 24.3 Å². The van der Waals surface area contributed by atoms with Crippen molar-refractivity contribution in [1.82, 2.24) is 15.1 Å². The Hall–Kier alpha value is -3.02. The maximum absolute atomic E-state index is 13.3. The van der Waals surface area contributed by atoms with E-state index in [4.69, 9.17) is 0 Å². The van der Waals surface area contributed by atoms with E-state index >= 15 is 0 Å². The Labute approximate surface area is 144 Å². The van der Waals surface area contributed by atoms with Crippen LogP contribution >= 0.6 is 0 Å². The van der Waals surface area contributed by atoms with Crippen LogP contribution in [0.3, 0.4) is 0 Å². The zero-order valence-electron chi connectivity index (χ0n) is 13.6. The molecule has 1 atom stereocenters. The van der Waals surface area contributed by atoms with E-state index in [0.717, 1.165) is 23.4 Å². The molecule has 3 rings (SSSR count). The Morgan fingerprint density at radius 1 is 1.16 bits per heavy atom. The zero-order chi connectivity index (χ0) is 17.8. The molecule has 0 bridgehead atoms. The van der Waals surface area contributed by atoms with Gasteiger partial charge < -0.3 is 5.32 Å². The van der Waals surface area contributed by atoms with Crippen LogP contribution in [-0.2, 0) is 11.2 Å². The summed E-state index contributed by atoms with van der Waals surface area (Å²) in [7, 11) is 0. The van der Waals surface area contributed by atoms with Gasteiger partial charge >= 0.3 is 0 Å². The average molecular weight is 341 g/mol. The van der Waals surface area contributed by atoms with E-state index in [2.05, 4.69) is 10.4 Å². The summed E-state index contributed by atoms with van der Waals surface area (Å²) in [6, 6.07) is 12.7. The highest BCUT2D eigenvalue weighted by atomic mass is 19.2. The van der Waals surface area contributed by atoms with Gasteiger partial charge in [-0.3, -0.25) is 4.79 Å². The van der Waals surface area contributed by atoms with Crippen molar-refractivity contribution >= 4 is 5.91 Å². The van der Waals surface area contributed by atoms with E-state index in [1.54, 1.807) is 24.0 Å². The molecule has 6 heteroatoms. The Morgan fingerprint density at radius 3 is 2.64 bits per heavy atom. The van der Waals surface area contributed by atoms with Crippen molar-refractivity contribution in [2.24, 2.45) is 0 Å². The molecular weight excluding hydrogens is 324 g/mol. The normalized spacial score (nSPS) is 12.0. The van der Waals surface area contributed by atoms with Gasteiger partial charge in [-0.15, -0.1) is 0 Å². The third-order valence-electron chi connectivity index (χ3n) is 3.84. The molecule has 0 radical (unpaired) electrons. The summed E-state index contributed by atoms with van der Waals surface area (Å²) in [5.41, 5.74) is 2.18. The summed E-state index contributed by atoms with van der Waals surface area (Å²) >= 11 is 0. The summed E-state index contributed by atoms with van der Waals surface area (Å²) in [4.78, 5) is 12.2. The second kappa shape index (κ2) is 7.25. The number of benzene rings is 2. The van der Waals surface area contributed by atoms with Gasteiger partial charge in [-0.25, -0.2) is 13.5 Å². The van der Waals surface area contributed by atoms with Crippen molar-refractivity contribution in [2.45, 2.75) is 19.4 Å². The Kier molecular flexibility index (Phi) is 4.88. The van der Waals surface area contributed by atoms with Gasteiger partial charge in [0.15, 0.2) is 11.6 Å². The summed E-state index contributed by atoms with van der Waals surface area (Å²) in [6.07, 6.45) is 3.58. The van der Waals surface area contributed by atoms with Crippen LogP contribution in [0.4, 0.5) is 8.78 Å². The monoisotopic (exact) mass is 341 g/mol. The van der Waals surface area contributed by atoms with Crippen molar-refractivity contribution in [3.63, 3.8) is 0 Å². The van der Waals surface area contributed by atoms with E-state index < -0.39 is 17.7 Å². The highest BCUT2D eigenvalue weighted by Crippen LogP contribution is 2.16. The van der Waals surface area contributed by atoms with Gasteiger partial charge in [0.25, 0.3) is 0 Å². The summed E-state index contributed by atoms with van der Waals surface area (Å²) in [6.45, 7) is 1.72. The molecule has 0 unspecified atom stereocenters. The molecule has 4 nitrogen and oxygen atoms in total. The zero-order valence-corrected chi connectivity index (χ0v) is 13.6. The average Bonchev–Trinajstić information content (AvgIpc) is 3.06. The standard InChI is InChI=1S/C19H17F2N3O/c1-13(15-7-8-17(20)18(21)10-15)23-19(25)9-14-11-22-24(12-14)16-5-3-2-4-6-16/h2-8,10-13H,9H2,1H3,(H,23,25)/t13-/m0/s1. The van der Waals surface area contributed by atoms with Crippen LogP contribution in [0.15, 0.2) is 60.9 Å². The number of carbonyl (C=O) groups excluding carboxylic acids is 1. The van der Waals surface area contributed by atoms with Gasteiger partial charge in [-0.05, 0) is 42.3 Å². The van der Waals surface area contributed by atoms with Gasteiger partial charge in [0.2, 0.25) is 5.91 Å². The van der Waals surface area contributed by atoms with Gasteiger partial charge in [-0.2, -0.15) is 5.10 Å². The molecule has 128 valence electrons. The lowest BCUT2D eigenvalue weighted by Gasteiger charge is -2.14. The lowest BCUT2D eigenvalue weighted by molar-refractivity contribution is -0.121. The van der Waals surface area contributed by atoms with Crippen molar-refractivity contribution < 1.29 is 13.6 Å². The maximum Gasteiger partial charge on any atom is 0.225 e. The first-order valence-corrected chi connectivity index (χ1v) is 7.86. The predicted molar refractivity (Wildman–Crippen MR) is 90.2 cm³/mol. The fourth-order valence-electron chi connectivity index (χ4n) is 2.52. The number of hydrogen-bond acceptors (Lipinski definition) is 2. The lowest BCUT2D eigenvalue weighted by atomic mass is 10.1. The number of carbonyl (C=O) groups is 1. The van der Waals surface area contributed by atoms with E-state index in [-0.39, 0.29) is 12.3 Å². The van der Waals surface area contributed by atoms with Crippen molar-refractivity contribution in [3.8, 4) is 5.69 Å². The Morgan fingerprint density at radius 2 is 1.92 bits per heavy atom. The third-order valence-corrected chi connectivity index (χ3v) is 3.84. The molecule has 2 aromatic carbocycles. The Bertz CT molecular complexity index is 877. The molecule has 0 saturated carbocycles. The van der Waals surface area contributed by atoms with Crippen molar-refractivity contribution in [2.75, 3.05) is 0 Å². The highest BCUT2D eigenvalue weighted by molar-refractivity contribution is 5.78. The molecular formula is C19H17F2N3O. The smallest absolute Gasteiger partial charge is 0.225 e. The molecule has 0 aliphatic heterocycles. The number of nitrogens with zero attached hydrogens (tertiary/aromatic N) is 2. The summed E-state index contributed by atoms with van der Waals surface area (Å²) < 4.78 is 28.0. The van der Waals surface area contributed by atoms with Crippen LogP contribution in [0.5, 0.6) is 0 Å². The fraction of sp³-hybridized carbons (Fsp3) is 0.158. The second-order valence-corrected chi connectivity index (χ2v) is 5.77. The number of hydrogen-bond donors (Lipinski definition) is 1. The molecule has 0 aliphatic rings. The minimum atomic E-state index is -0.928.